The Hall–Kier alpha value is -2.61. The van der Waals surface area contributed by atoms with Crippen molar-refractivity contribution >= 4 is 5.82 Å². The molecule has 2 aromatic rings. The molecule has 0 spiro atoms. The van der Waals surface area contributed by atoms with Gasteiger partial charge >= 0.3 is 0 Å². The Morgan fingerprint density at radius 2 is 2.00 bits per heavy atom. The molecule has 1 aromatic heterocycles. The Kier molecular flexibility index (Phi) is 4.16. The highest BCUT2D eigenvalue weighted by atomic mass is 16.5. The number of aryl methyl sites for hydroxylation is 2. The van der Waals surface area contributed by atoms with Crippen LogP contribution in [-0.2, 0) is 0 Å². The maximum atomic E-state index is 8.50. The fourth-order valence-corrected chi connectivity index (χ4v) is 1.99. The number of aromatic nitrogens is 2. The van der Waals surface area contributed by atoms with Crippen LogP contribution in [0.3, 0.4) is 0 Å². The zero-order chi connectivity index (χ0) is 14.5. The van der Waals surface area contributed by atoms with Crippen molar-refractivity contribution in [3.63, 3.8) is 0 Å². The van der Waals surface area contributed by atoms with Gasteiger partial charge in [0.25, 0.3) is 0 Å². The van der Waals surface area contributed by atoms with Gasteiger partial charge < -0.3 is 10.1 Å². The summed E-state index contributed by atoms with van der Waals surface area (Å²) in [6.07, 6.45) is 0. The molecule has 0 unspecified atom stereocenters. The molecule has 0 aliphatic carbocycles. The van der Waals surface area contributed by atoms with Gasteiger partial charge in [0.1, 0.15) is 18.1 Å². The highest BCUT2D eigenvalue weighted by Gasteiger charge is 2.08. The van der Waals surface area contributed by atoms with Crippen LogP contribution < -0.4 is 10.1 Å². The molecule has 1 heterocycles. The lowest BCUT2D eigenvalue weighted by molar-refractivity contribution is 0.411. The number of nitrogens with one attached hydrogen (secondary N) is 1. The van der Waals surface area contributed by atoms with Crippen LogP contribution in [0.5, 0.6) is 5.75 Å². The first-order valence-corrected chi connectivity index (χ1v) is 6.26. The molecule has 0 atom stereocenters. The smallest absolute Gasteiger partial charge is 0.149 e. The summed E-state index contributed by atoms with van der Waals surface area (Å²) in [5.74, 6) is 1.46. The predicted octanol–water partition coefficient (Wildman–Crippen LogP) is 2.70. The second-order valence-electron chi connectivity index (χ2n) is 4.45. The van der Waals surface area contributed by atoms with E-state index in [2.05, 4.69) is 15.5 Å². The molecular weight excluding hydrogens is 252 g/mol. The van der Waals surface area contributed by atoms with Gasteiger partial charge in [-0.05, 0) is 49.2 Å². The van der Waals surface area contributed by atoms with E-state index in [9.17, 15) is 0 Å². The van der Waals surface area contributed by atoms with Crippen molar-refractivity contribution < 1.29 is 4.74 Å². The molecular formula is C15H16N4O. The molecule has 0 aliphatic rings. The van der Waals surface area contributed by atoms with Crippen LogP contribution in [0.15, 0.2) is 24.3 Å². The number of rotatable bonds is 4. The van der Waals surface area contributed by atoms with Crippen LogP contribution in [0.4, 0.5) is 5.82 Å². The van der Waals surface area contributed by atoms with E-state index in [1.54, 1.807) is 7.11 Å². The van der Waals surface area contributed by atoms with Crippen LogP contribution in [0.1, 0.15) is 11.1 Å². The van der Waals surface area contributed by atoms with Gasteiger partial charge in [-0.1, -0.05) is 0 Å². The molecule has 5 heteroatoms. The van der Waals surface area contributed by atoms with Gasteiger partial charge in [0.2, 0.25) is 0 Å². The summed E-state index contributed by atoms with van der Waals surface area (Å²) in [5.41, 5.74) is 3.97. The lowest BCUT2D eigenvalue weighted by Crippen LogP contribution is -2.02. The van der Waals surface area contributed by atoms with Crippen LogP contribution >= 0.6 is 0 Å². The number of nitriles is 1. The first kappa shape index (κ1) is 13.8. The molecule has 20 heavy (non-hydrogen) atoms. The summed E-state index contributed by atoms with van der Waals surface area (Å²) < 4.78 is 5.30. The minimum Gasteiger partial charge on any atom is -0.496 e. The number of ether oxygens (including phenoxy) is 1. The van der Waals surface area contributed by atoms with Gasteiger partial charge in [-0.3, -0.25) is 0 Å². The summed E-state index contributed by atoms with van der Waals surface area (Å²) in [6.45, 7) is 4.23. The van der Waals surface area contributed by atoms with E-state index in [-0.39, 0.29) is 6.54 Å². The third-order valence-corrected chi connectivity index (χ3v) is 3.03. The largest absolute Gasteiger partial charge is 0.496 e. The SMILES string of the molecule is COc1cc(C)c(-c2ccc(NCC#N)nn2)cc1C. The Balaban J connectivity index is 2.32. The Bertz CT molecular complexity index is 644. The van der Waals surface area contributed by atoms with Crippen LogP contribution in [-0.4, -0.2) is 23.9 Å². The number of benzene rings is 1. The zero-order valence-corrected chi connectivity index (χ0v) is 11.8. The fourth-order valence-electron chi connectivity index (χ4n) is 1.99. The number of hydrogen-bond donors (Lipinski definition) is 1. The van der Waals surface area contributed by atoms with Crippen LogP contribution in [0.2, 0.25) is 0 Å². The summed E-state index contributed by atoms with van der Waals surface area (Å²) >= 11 is 0. The maximum absolute atomic E-state index is 8.50. The van der Waals surface area contributed by atoms with Crippen molar-refractivity contribution in [1.29, 1.82) is 5.26 Å². The average Bonchev–Trinajstić information content (AvgIpc) is 2.47. The molecule has 2 rings (SSSR count). The lowest BCUT2D eigenvalue weighted by Gasteiger charge is -2.11. The Labute approximate surface area is 118 Å². The van der Waals surface area contributed by atoms with Gasteiger partial charge in [0, 0.05) is 5.56 Å². The van der Waals surface area contributed by atoms with Gasteiger partial charge in [0.05, 0.1) is 18.9 Å². The molecule has 102 valence electrons. The first-order valence-electron chi connectivity index (χ1n) is 6.26. The molecule has 0 amide bonds. The van der Waals surface area contributed by atoms with Gasteiger partial charge in [-0.15, -0.1) is 10.2 Å². The van der Waals surface area contributed by atoms with E-state index < -0.39 is 0 Å². The summed E-state index contributed by atoms with van der Waals surface area (Å²) in [7, 11) is 1.66. The second kappa shape index (κ2) is 6.02. The number of methoxy groups -OCH3 is 1. The predicted molar refractivity (Wildman–Crippen MR) is 77.6 cm³/mol. The standard InChI is InChI=1S/C15H16N4O/c1-10-9-14(20-3)11(2)8-12(10)13-4-5-15(19-18-13)17-7-6-16/h4-5,8-9H,7H2,1-3H3,(H,17,19). The number of anilines is 1. The molecule has 0 fully saturated rings. The van der Waals surface area contributed by atoms with Gasteiger partial charge in [-0.2, -0.15) is 5.26 Å². The Morgan fingerprint density at radius 1 is 1.20 bits per heavy atom. The van der Waals surface area contributed by atoms with E-state index in [0.717, 1.165) is 28.1 Å². The summed E-state index contributed by atoms with van der Waals surface area (Å²) in [4.78, 5) is 0. The maximum Gasteiger partial charge on any atom is 0.149 e. The third kappa shape index (κ3) is 2.86. The third-order valence-electron chi connectivity index (χ3n) is 3.03. The molecule has 0 aliphatic heterocycles. The molecule has 0 radical (unpaired) electrons. The monoisotopic (exact) mass is 268 g/mol. The highest BCUT2D eigenvalue weighted by molar-refractivity contribution is 5.66. The summed E-state index contributed by atoms with van der Waals surface area (Å²) in [5, 5.41) is 19.6. The highest BCUT2D eigenvalue weighted by Crippen LogP contribution is 2.28. The topological polar surface area (TPSA) is 70.8 Å². The molecule has 0 saturated heterocycles. The summed E-state index contributed by atoms with van der Waals surface area (Å²) in [6, 6.07) is 9.74. The van der Waals surface area contributed by atoms with Crippen LogP contribution in [0, 0.1) is 25.2 Å². The van der Waals surface area contributed by atoms with E-state index in [0.29, 0.717) is 5.82 Å². The van der Waals surface area contributed by atoms with E-state index in [1.807, 2.05) is 44.2 Å². The molecule has 1 aromatic carbocycles. The van der Waals surface area contributed by atoms with Crippen molar-refractivity contribution in [2.24, 2.45) is 0 Å². The minimum atomic E-state index is 0.217. The number of nitrogens with zero attached hydrogens (tertiary/aromatic N) is 3. The fraction of sp³-hybridized carbons (Fsp3) is 0.267. The van der Waals surface area contributed by atoms with Crippen LogP contribution in [0.25, 0.3) is 11.3 Å². The molecule has 0 saturated carbocycles. The van der Waals surface area contributed by atoms with Crippen molar-refractivity contribution in [2.75, 3.05) is 19.0 Å². The normalized spacial score (nSPS) is 9.90. The molecule has 5 nitrogen and oxygen atoms in total. The minimum absolute atomic E-state index is 0.217. The van der Waals surface area contributed by atoms with Crippen molar-refractivity contribution in [2.45, 2.75) is 13.8 Å². The van der Waals surface area contributed by atoms with Gasteiger partial charge in [0.15, 0.2) is 0 Å². The zero-order valence-electron chi connectivity index (χ0n) is 11.8. The van der Waals surface area contributed by atoms with Crippen molar-refractivity contribution in [1.82, 2.24) is 10.2 Å². The van der Waals surface area contributed by atoms with Crippen molar-refractivity contribution in [3.05, 3.63) is 35.4 Å². The second-order valence-corrected chi connectivity index (χ2v) is 4.45. The molecule has 0 bridgehead atoms. The van der Waals surface area contributed by atoms with Gasteiger partial charge in [-0.25, -0.2) is 0 Å². The Morgan fingerprint density at radius 3 is 2.60 bits per heavy atom. The average molecular weight is 268 g/mol. The van der Waals surface area contributed by atoms with E-state index >= 15 is 0 Å². The van der Waals surface area contributed by atoms with E-state index in [1.165, 1.54) is 0 Å². The molecule has 1 N–H and O–H groups in total. The van der Waals surface area contributed by atoms with E-state index in [4.69, 9.17) is 10.00 Å². The van der Waals surface area contributed by atoms with Crippen molar-refractivity contribution in [3.8, 4) is 23.1 Å². The quantitative estimate of drug-likeness (QED) is 0.863. The number of hydrogen-bond acceptors (Lipinski definition) is 5. The lowest BCUT2D eigenvalue weighted by atomic mass is 10.0. The first-order chi connectivity index (χ1) is 9.65.